The maximum absolute atomic E-state index is 4.23. The van der Waals surface area contributed by atoms with Crippen LogP contribution in [0.5, 0.6) is 0 Å². The van der Waals surface area contributed by atoms with E-state index in [0.717, 1.165) is 17.9 Å². The Bertz CT molecular complexity index is 409. The second-order valence-electron chi connectivity index (χ2n) is 3.26. The first-order valence-electron chi connectivity index (χ1n) is 4.82. The van der Waals surface area contributed by atoms with Crippen molar-refractivity contribution in [3.63, 3.8) is 0 Å². The molecule has 2 aromatic heterocycles. The van der Waals surface area contributed by atoms with E-state index in [1.54, 1.807) is 10.9 Å². The highest BCUT2D eigenvalue weighted by Crippen LogP contribution is 1.98. The molecule has 0 bridgehead atoms. The summed E-state index contributed by atoms with van der Waals surface area (Å²) >= 11 is 0. The molecule has 0 aliphatic heterocycles. The molecule has 0 radical (unpaired) electrons. The highest BCUT2D eigenvalue weighted by Gasteiger charge is 2.00. The Kier molecular flexibility index (Phi) is 3.04. The summed E-state index contributed by atoms with van der Waals surface area (Å²) in [5, 5.41) is 11.1. The largest absolute Gasteiger partial charge is 0.314 e. The van der Waals surface area contributed by atoms with E-state index < -0.39 is 0 Å². The summed E-state index contributed by atoms with van der Waals surface area (Å²) in [6.45, 7) is 1.40. The number of nitrogens with one attached hydrogen (secondary N) is 1. The summed E-state index contributed by atoms with van der Waals surface area (Å²) < 4.78 is 1.79. The van der Waals surface area contributed by atoms with E-state index in [4.69, 9.17) is 0 Å². The van der Waals surface area contributed by atoms with Gasteiger partial charge in [0, 0.05) is 12.7 Å². The Morgan fingerprint density at radius 1 is 1.33 bits per heavy atom. The fourth-order valence-electron chi connectivity index (χ4n) is 1.34. The van der Waals surface area contributed by atoms with Gasteiger partial charge in [0.15, 0.2) is 0 Å². The van der Waals surface area contributed by atoms with Crippen molar-refractivity contribution in [3.8, 4) is 0 Å². The zero-order valence-corrected chi connectivity index (χ0v) is 8.59. The first-order valence-corrected chi connectivity index (χ1v) is 4.82. The van der Waals surface area contributed by atoms with E-state index in [-0.39, 0.29) is 0 Å². The quantitative estimate of drug-likeness (QED) is 0.783. The molecule has 0 amide bonds. The zero-order valence-electron chi connectivity index (χ0n) is 8.59. The Balaban J connectivity index is 2.05. The third-order valence-corrected chi connectivity index (χ3v) is 1.99. The molecule has 0 spiro atoms. The predicted molar refractivity (Wildman–Crippen MR) is 56.1 cm³/mol. The maximum Gasteiger partial charge on any atom is 0.0964 e. The smallest absolute Gasteiger partial charge is 0.0964 e. The zero-order chi connectivity index (χ0) is 10.5. The highest BCUT2D eigenvalue weighted by molar-refractivity contribution is 5.04. The Morgan fingerprint density at radius 2 is 2.27 bits per heavy atom. The Hall–Kier alpha value is -1.75. The third-order valence-electron chi connectivity index (χ3n) is 1.99. The van der Waals surface area contributed by atoms with E-state index in [9.17, 15) is 0 Å². The summed E-state index contributed by atoms with van der Waals surface area (Å²) in [4.78, 5) is 4.23. The minimum Gasteiger partial charge on any atom is -0.314 e. The monoisotopic (exact) mass is 203 g/mol. The molecule has 0 aliphatic carbocycles. The average molecular weight is 203 g/mol. The van der Waals surface area contributed by atoms with Crippen molar-refractivity contribution in [2.24, 2.45) is 0 Å². The average Bonchev–Trinajstić information content (AvgIpc) is 2.68. The molecule has 2 rings (SSSR count). The lowest BCUT2D eigenvalue weighted by atomic mass is 10.3. The van der Waals surface area contributed by atoms with Crippen LogP contribution in [0.4, 0.5) is 0 Å². The van der Waals surface area contributed by atoms with Gasteiger partial charge in [0.1, 0.15) is 0 Å². The van der Waals surface area contributed by atoms with Crippen LogP contribution in [-0.4, -0.2) is 27.0 Å². The van der Waals surface area contributed by atoms with Crippen LogP contribution in [-0.2, 0) is 13.1 Å². The molecule has 0 aromatic carbocycles. The number of nitrogens with zero attached hydrogens (tertiary/aromatic N) is 4. The molecule has 0 atom stereocenters. The molecule has 0 aliphatic rings. The normalized spacial score (nSPS) is 10.5. The minimum atomic E-state index is 0.664. The minimum absolute atomic E-state index is 0.664. The Morgan fingerprint density at radius 3 is 3.00 bits per heavy atom. The van der Waals surface area contributed by atoms with Crippen LogP contribution in [0.2, 0.25) is 0 Å². The van der Waals surface area contributed by atoms with Gasteiger partial charge in [-0.05, 0) is 19.2 Å². The Labute approximate surface area is 88.1 Å². The van der Waals surface area contributed by atoms with Gasteiger partial charge < -0.3 is 5.32 Å². The molecule has 1 N–H and O–H groups in total. The van der Waals surface area contributed by atoms with Crippen molar-refractivity contribution in [3.05, 3.63) is 42.0 Å². The lowest BCUT2D eigenvalue weighted by molar-refractivity contribution is 0.638. The first-order chi connectivity index (χ1) is 7.38. The van der Waals surface area contributed by atoms with Crippen LogP contribution in [0.25, 0.3) is 0 Å². The van der Waals surface area contributed by atoms with Crippen LogP contribution >= 0.6 is 0 Å². The molecule has 0 saturated heterocycles. The van der Waals surface area contributed by atoms with Crippen LogP contribution in [0.15, 0.2) is 30.6 Å². The predicted octanol–water partition coefficient (Wildman–Crippen LogP) is 0.441. The van der Waals surface area contributed by atoms with Crippen molar-refractivity contribution in [2.75, 3.05) is 7.05 Å². The van der Waals surface area contributed by atoms with E-state index in [2.05, 4.69) is 20.6 Å². The van der Waals surface area contributed by atoms with Crippen LogP contribution in [0.3, 0.4) is 0 Å². The summed E-state index contributed by atoms with van der Waals surface area (Å²) in [5.41, 5.74) is 1.92. The second kappa shape index (κ2) is 4.65. The third kappa shape index (κ3) is 2.60. The number of rotatable bonds is 4. The van der Waals surface area contributed by atoms with Crippen molar-refractivity contribution in [2.45, 2.75) is 13.1 Å². The van der Waals surface area contributed by atoms with Gasteiger partial charge in [-0.1, -0.05) is 11.3 Å². The van der Waals surface area contributed by atoms with Crippen molar-refractivity contribution in [1.29, 1.82) is 0 Å². The molecule has 78 valence electrons. The van der Waals surface area contributed by atoms with E-state index >= 15 is 0 Å². The van der Waals surface area contributed by atoms with Gasteiger partial charge in [-0.25, -0.2) is 4.68 Å². The molecule has 2 heterocycles. The molecular formula is C10H13N5. The van der Waals surface area contributed by atoms with Gasteiger partial charge in [0.2, 0.25) is 0 Å². The SMILES string of the molecule is CNCc1cn(Cc2ccccn2)nn1. The lowest BCUT2D eigenvalue weighted by Gasteiger charge is -1.98. The summed E-state index contributed by atoms with van der Waals surface area (Å²) in [5.74, 6) is 0. The number of aromatic nitrogens is 4. The second-order valence-corrected chi connectivity index (χ2v) is 3.26. The van der Waals surface area contributed by atoms with E-state index in [1.165, 1.54) is 0 Å². The molecule has 2 aromatic rings. The van der Waals surface area contributed by atoms with Gasteiger partial charge in [-0.3, -0.25) is 4.98 Å². The number of pyridine rings is 1. The van der Waals surface area contributed by atoms with Gasteiger partial charge in [-0.2, -0.15) is 0 Å². The lowest BCUT2D eigenvalue weighted by Crippen LogP contribution is -2.05. The van der Waals surface area contributed by atoms with Gasteiger partial charge in [0.05, 0.1) is 24.1 Å². The van der Waals surface area contributed by atoms with Crippen molar-refractivity contribution >= 4 is 0 Å². The van der Waals surface area contributed by atoms with E-state index in [0.29, 0.717) is 6.54 Å². The van der Waals surface area contributed by atoms with Crippen LogP contribution in [0.1, 0.15) is 11.4 Å². The molecule has 15 heavy (non-hydrogen) atoms. The summed E-state index contributed by atoms with van der Waals surface area (Å²) in [6.07, 6.45) is 3.70. The topological polar surface area (TPSA) is 55.6 Å². The standard InChI is InChI=1S/C10H13N5/c1-11-6-10-8-15(14-13-10)7-9-4-2-3-5-12-9/h2-5,8,11H,6-7H2,1H3. The number of hydrogen-bond donors (Lipinski definition) is 1. The highest BCUT2D eigenvalue weighted by atomic mass is 15.4. The molecule has 0 saturated carbocycles. The maximum atomic E-state index is 4.23. The molecule has 0 unspecified atom stereocenters. The molecule has 0 fully saturated rings. The van der Waals surface area contributed by atoms with E-state index in [1.807, 2.05) is 31.4 Å². The number of hydrogen-bond acceptors (Lipinski definition) is 4. The van der Waals surface area contributed by atoms with Gasteiger partial charge in [-0.15, -0.1) is 5.10 Å². The van der Waals surface area contributed by atoms with Crippen LogP contribution < -0.4 is 5.32 Å². The van der Waals surface area contributed by atoms with Crippen LogP contribution in [0, 0.1) is 0 Å². The fraction of sp³-hybridized carbons (Fsp3) is 0.300. The van der Waals surface area contributed by atoms with Gasteiger partial charge >= 0.3 is 0 Å². The fourth-order valence-corrected chi connectivity index (χ4v) is 1.34. The first kappa shape index (κ1) is 9.79. The molecule has 5 heteroatoms. The van der Waals surface area contributed by atoms with Gasteiger partial charge in [0.25, 0.3) is 0 Å². The molecular weight excluding hydrogens is 190 g/mol. The summed E-state index contributed by atoms with van der Waals surface area (Å²) in [7, 11) is 1.89. The van der Waals surface area contributed by atoms with Crippen molar-refractivity contribution < 1.29 is 0 Å². The van der Waals surface area contributed by atoms with Crippen molar-refractivity contribution in [1.82, 2.24) is 25.3 Å². The molecule has 5 nitrogen and oxygen atoms in total. The summed E-state index contributed by atoms with van der Waals surface area (Å²) in [6, 6.07) is 5.84.